The van der Waals surface area contributed by atoms with Gasteiger partial charge in [0.25, 0.3) is 0 Å². The van der Waals surface area contributed by atoms with Crippen molar-refractivity contribution in [1.29, 1.82) is 5.26 Å². The number of amides is 1. The van der Waals surface area contributed by atoms with Gasteiger partial charge in [0.15, 0.2) is 0 Å². The third kappa shape index (κ3) is 4.97. The minimum Gasteiger partial charge on any atom is -0.323 e. The molecule has 0 aromatic heterocycles. The highest BCUT2D eigenvalue weighted by Gasteiger charge is 2.19. The Kier molecular flexibility index (Phi) is 7.28. The second kappa shape index (κ2) is 7.92. The molecule has 0 saturated carbocycles. The molecule has 0 aliphatic heterocycles. The molecule has 1 amide bonds. The van der Waals surface area contributed by atoms with E-state index in [2.05, 4.69) is 19.6 Å². The van der Waals surface area contributed by atoms with Crippen molar-refractivity contribution in [2.75, 3.05) is 6.54 Å². The van der Waals surface area contributed by atoms with Crippen LogP contribution in [0.3, 0.4) is 0 Å². The molecule has 0 spiro atoms. The zero-order chi connectivity index (χ0) is 12.6. The Morgan fingerprint density at radius 1 is 1.44 bits per heavy atom. The number of hydrogen-bond donors (Lipinski definition) is 0. The van der Waals surface area contributed by atoms with Crippen LogP contribution < -0.4 is 0 Å². The van der Waals surface area contributed by atoms with Gasteiger partial charge in [-0.15, -0.1) is 0 Å². The van der Waals surface area contributed by atoms with Crippen molar-refractivity contribution < 1.29 is 4.79 Å². The maximum absolute atomic E-state index is 11.8. The Morgan fingerprint density at radius 3 is 2.50 bits per heavy atom. The van der Waals surface area contributed by atoms with Crippen LogP contribution in [0.15, 0.2) is 12.2 Å². The van der Waals surface area contributed by atoms with Crippen LogP contribution in [-0.4, -0.2) is 23.4 Å². The van der Waals surface area contributed by atoms with Crippen molar-refractivity contribution in [3.05, 3.63) is 12.2 Å². The number of nitriles is 1. The third-order valence-electron chi connectivity index (χ3n) is 2.53. The second-order valence-electron chi connectivity index (χ2n) is 4.14. The van der Waals surface area contributed by atoms with Crippen molar-refractivity contribution in [3.8, 4) is 6.07 Å². The van der Waals surface area contributed by atoms with Gasteiger partial charge in [-0.2, -0.15) is 5.26 Å². The summed E-state index contributed by atoms with van der Waals surface area (Å²) in [6.07, 6.45) is 4.41. The number of carbonyl (C=O) groups is 1. The molecule has 3 nitrogen and oxygen atoms in total. The van der Waals surface area contributed by atoms with Crippen molar-refractivity contribution >= 4 is 5.91 Å². The monoisotopic (exact) mass is 222 g/mol. The third-order valence-corrected chi connectivity index (χ3v) is 2.53. The number of unbranched alkanes of at least 4 members (excludes halogenated alkanes) is 3. The lowest BCUT2D eigenvalue weighted by molar-refractivity contribution is -0.128. The van der Waals surface area contributed by atoms with Gasteiger partial charge in [-0.25, -0.2) is 0 Å². The zero-order valence-electron chi connectivity index (χ0n) is 10.6. The summed E-state index contributed by atoms with van der Waals surface area (Å²) in [6.45, 7) is 9.87. The summed E-state index contributed by atoms with van der Waals surface area (Å²) in [6, 6.07) is 1.74. The smallest absolute Gasteiger partial charge is 0.249 e. The van der Waals surface area contributed by atoms with E-state index in [1.807, 2.05) is 0 Å². The van der Waals surface area contributed by atoms with E-state index in [0.29, 0.717) is 12.1 Å². The molecule has 0 fully saturated rings. The van der Waals surface area contributed by atoms with E-state index in [0.717, 1.165) is 12.8 Å². The first-order valence-corrected chi connectivity index (χ1v) is 5.90. The van der Waals surface area contributed by atoms with Gasteiger partial charge < -0.3 is 4.90 Å². The highest BCUT2D eigenvalue weighted by Crippen LogP contribution is 2.08. The molecule has 3 heteroatoms. The maximum atomic E-state index is 11.8. The second-order valence-corrected chi connectivity index (χ2v) is 4.14. The van der Waals surface area contributed by atoms with Crippen LogP contribution in [0.2, 0.25) is 0 Å². The van der Waals surface area contributed by atoms with Crippen LogP contribution in [-0.2, 0) is 4.79 Å². The average Bonchev–Trinajstić information content (AvgIpc) is 2.27. The average molecular weight is 222 g/mol. The predicted octanol–water partition coefficient (Wildman–Crippen LogP) is 2.88. The Balaban J connectivity index is 4.29. The molecule has 0 heterocycles. The molecule has 0 aromatic rings. The van der Waals surface area contributed by atoms with Gasteiger partial charge in [-0.05, 0) is 20.3 Å². The fraction of sp³-hybridized carbons (Fsp3) is 0.692. The first-order valence-electron chi connectivity index (χ1n) is 5.90. The minimum absolute atomic E-state index is 0.106. The maximum Gasteiger partial charge on any atom is 0.249 e. The largest absolute Gasteiger partial charge is 0.323 e. The number of nitrogens with zero attached hydrogens (tertiary/aromatic N) is 2. The van der Waals surface area contributed by atoms with Crippen LogP contribution in [0.1, 0.15) is 46.5 Å². The quantitative estimate of drug-likeness (QED) is 0.491. The van der Waals surface area contributed by atoms with Gasteiger partial charge in [-0.3, -0.25) is 4.79 Å². The molecule has 0 saturated heterocycles. The number of hydrogen-bond acceptors (Lipinski definition) is 2. The summed E-state index contributed by atoms with van der Waals surface area (Å²) in [5.41, 5.74) is 0.498. The SMILES string of the molecule is C=C(C)C(=O)N(CCCCCC)C(C)C#N. The van der Waals surface area contributed by atoms with Crippen molar-refractivity contribution in [1.82, 2.24) is 4.90 Å². The molecule has 0 N–H and O–H groups in total. The van der Waals surface area contributed by atoms with Gasteiger partial charge >= 0.3 is 0 Å². The molecule has 0 aromatic carbocycles. The van der Waals surface area contributed by atoms with Crippen LogP contribution in [0.4, 0.5) is 0 Å². The molecule has 16 heavy (non-hydrogen) atoms. The van der Waals surface area contributed by atoms with Crippen molar-refractivity contribution in [2.24, 2.45) is 0 Å². The molecule has 1 unspecified atom stereocenters. The predicted molar refractivity (Wildman–Crippen MR) is 65.7 cm³/mol. The Bertz CT molecular complexity index is 278. The lowest BCUT2D eigenvalue weighted by Gasteiger charge is -2.25. The van der Waals surface area contributed by atoms with Gasteiger partial charge in [-0.1, -0.05) is 32.8 Å². The van der Waals surface area contributed by atoms with Gasteiger partial charge in [0.05, 0.1) is 6.07 Å². The van der Waals surface area contributed by atoms with E-state index in [1.54, 1.807) is 18.7 Å². The lowest BCUT2D eigenvalue weighted by atomic mass is 10.1. The van der Waals surface area contributed by atoms with E-state index < -0.39 is 0 Å². The lowest BCUT2D eigenvalue weighted by Crippen LogP contribution is -2.38. The molecule has 0 radical (unpaired) electrons. The van der Waals surface area contributed by atoms with E-state index >= 15 is 0 Å². The molecule has 0 rings (SSSR count). The van der Waals surface area contributed by atoms with Crippen molar-refractivity contribution in [3.63, 3.8) is 0 Å². The minimum atomic E-state index is -0.370. The van der Waals surface area contributed by atoms with Gasteiger partial charge in [0, 0.05) is 12.1 Å². The van der Waals surface area contributed by atoms with Crippen LogP contribution in [0.25, 0.3) is 0 Å². The summed E-state index contributed by atoms with van der Waals surface area (Å²) in [4.78, 5) is 13.4. The van der Waals surface area contributed by atoms with E-state index in [1.165, 1.54) is 12.8 Å². The highest BCUT2D eigenvalue weighted by molar-refractivity contribution is 5.92. The van der Waals surface area contributed by atoms with Gasteiger partial charge in [0.2, 0.25) is 5.91 Å². The molecular formula is C13H22N2O. The van der Waals surface area contributed by atoms with Crippen LogP contribution >= 0.6 is 0 Å². The summed E-state index contributed by atoms with van der Waals surface area (Å²) in [5.74, 6) is -0.106. The summed E-state index contributed by atoms with van der Waals surface area (Å²) in [7, 11) is 0. The Labute approximate surface area is 98.7 Å². The Morgan fingerprint density at radius 2 is 2.06 bits per heavy atom. The standard InChI is InChI=1S/C13H22N2O/c1-5-6-7-8-9-15(12(4)10-14)13(16)11(2)3/h12H,2,5-9H2,1,3-4H3. The van der Waals surface area contributed by atoms with Crippen molar-refractivity contribution in [2.45, 2.75) is 52.5 Å². The van der Waals surface area contributed by atoms with Crippen LogP contribution in [0.5, 0.6) is 0 Å². The van der Waals surface area contributed by atoms with E-state index in [4.69, 9.17) is 5.26 Å². The zero-order valence-corrected chi connectivity index (χ0v) is 10.6. The summed E-state index contributed by atoms with van der Waals surface area (Å²) in [5, 5.41) is 8.87. The fourth-order valence-corrected chi connectivity index (χ4v) is 1.49. The molecule has 0 aliphatic carbocycles. The van der Waals surface area contributed by atoms with Gasteiger partial charge in [0.1, 0.15) is 6.04 Å². The molecule has 0 bridgehead atoms. The molecule has 90 valence electrons. The normalized spacial score (nSPS) is 11.6. The molecule has 0 aliphatic rings. The Hall–Kier alpha value is -1.30. The fourth-order valence-electron chi connectivity index (χ4n) is 1.49. The number of rotatable bonds is 7. The van der Waals surface area contributed by atoms with E-state index in [-0.39, 0.29) is 11.9 Å². The number of carbonyl (C=O) groups excluding carboxylic acids is 1. The first-order chi connectivity index (χ1) is 7.54. The first kappa shape index (κ1) is 14.7. The topological polar surface area (TPSA) is 44.1 Å². The summed E-state index contributed by atoms with van der Waals surface area (Å²) < 4.78 is 0. The summed E-state index contributed by atoms with van der Waals surface area (Å²) >= 11 is 0. The highest BCUT2D eigenvalue weighted by atomic mass is 16.2. The molecule has 1 atom stereocenters. The van der Waals surface area contributed by atoms with E-state index in [9.17, 15) is 4.79 Å². The molecular weight excluding hydrogens is 200 g/mol. The van der Waals surface area contributed by atoms with Crippen LogP contribution in [0, 0.1) is 11.3 Å².